The molecule has 0 bridgehead atoms. The van der Waals surface area contributed by atoms with Gasteiger partial charge in [-0.2, -0.15) is 0 Å². The molecule has 0 aliphatic carbocycles. The minimum absolute atomic E-state index is 0.0816. The number of rotatable bonds is 11. The van der Waals surface area contributed by atoms with E-state index in [1.807, 2.05) is 24.3 Å². The third-order valence-corrected chi connectivity index (χ3v) is 5.80. The van der Waals surface area contributed by atoms with Crippen LogP contribution < -0.4 is 5.32 Å². The molecule has 2 aromatic carbocycles. The molecule has 2 atom stereocenters. The second kappa shape index (κ2) is 11.4. The molecule has 0 radical (unpaired) electrons. The summed E-state index contributed by atoms with van der Waals surface area (Å²) < 4.78 is 0. The summed E-state index contributed by atoms with van der Waals surface area (Å²) in [4.78, 5) is 12.4. The first-order valence-corrected chi connectivity index (χ1v) is 11.4. The van der Waals surface area contributed by atoms with Gasteiger partial charge in [0, 0.05) is 12.8 Å². The summed E-state index contributed by atoms with van der Waals surface area (Å²) >= 11 is 0. The molecular formula is C28H33NO. The van der Waals surface area contributed by atoms with Crippen LogP contribution in [0.2, 0.25) is 0 Å². The molecule has 2 nitrogen and oxygen atoms in total. The highest BCUT2D eigenvalue weighted by Crippen LogP contribution is 2.27. The SMILES string of the molecule is CCCC(CC)CC(=O)CCCC1C#CC(c2ccccc2)=C(c2ccccc2)N1. The van der Waals surface area contributed by atoms with Crippen molar-refractivity contribution < 1.29 is 4.79 Å². The van der Waals surface area contributed by atoms with Crippen molar-refractivity contribution in [2.75, 3.05) is 0 Å². The fourth-order valence-corrected chi connectivity index (χ4v) is 4.09. The van der Waals surface area contributed by atoms with Crippen molar-refractivity contribution in [2.24, 2.45) is 5.92 Å². The van der Waals surface area contributed by atoms with E-state index >= 15 is 0 Å². The van der Waals surface area contributed by atoms with Crippen LogP contribution in [0.15, 0.2) is 60.7 Å². The number of nitrogens with one attached hydrogen (secondary N) is 1. The zero-order valence-corrected chi connectivity index (χ0v) is 18.3. The lowest BCUT2D eigenvalue weighted by molar-refractivity contribution is -0.120. The molecule has 0 spiro atoms. The molecule has 30 heavy (non-hydrogen) atoms. The lowest BCUT2D eigenvalue weighted by Gasteiger charge is -2.23. The molecule has 1 aliphatic rings. The van der Waals surface area contributed by atoms with Gasteiger partial charge in [0.15, 0.2) is 0 Å². The normalized spacial score (nSPS) is 16.4. The summed E-state index contributed by atoms with van der Waals surface area (Å²) in [6.07, 6.45) is 6.59. The van der Waals surface area contributed by atoms with Crippen LogP contribution >= 0.6 is 0 Å². The van der Waals surface area contributed by atoms with Gasteiger partial charge in [-0.05, 0) is 29.9 Å². The highest BCUT2D eigenvalue weighted by molar-refractivity contribution is 5.98. The van der Waals surface area contributed by atoms with E-state index < -0.39 is 0 Å². The van der Waals surface area contributed by atoms with Gasteiger partial charge in [-0.25, -0.2) is 0 Å². The van der Waals surface area contributed by atoms with Crippen molar-refractivity contribution in [1.29, 1.82) is 0 Å². The van der Waals surface area contributed by atoms with E-state index in [9.17, 15) is 4.79 Å². The molecule has 2 unspecified atom stereocenters. The minimum Gasteiger partial charge on any atom is -0.370 e. The zero-order valence-electron chi connectivity index (χ0n) is 18.3. The molecular weight excluding hydrogens is 366 g/mol. The minimum atomic E-state index is 0.0816. The van der Waals surface area contributed by atoms with E-state index in [-0.39, 0.29) is 6.04 Å². The molecule has 156 valence electrons. The van der Waals surface area contributed by atoms with Gasteiger partial charge in [-0.3, -0.25) is 4.79 Å². The van der Waals surface area contributed by atoms with E-state index in [4.69, 9.17) is 0 Å². The van der Waals surface area contributed by atoms with Gasteiger partial charge in [-0.1, -0.05) is 106 Å². The Kier molecular flexibility index (Phi) is 8.33. The first-order chi connectivity index (χ1) is 14.7. The number of ketones is 1. The average molecular weight is 400 g/mol. The van der Waals surface area contributed by atoms with E-state index in [0.29, 0.717) is 18.1 Å². The highest BCUT2D eigenvalue weighted by Gasteiger charge is 2.18. The van der Waals surface area contributed by atoms with Crippen molar-refractivity contribution in [2.45, 2.75) is 64.8 Å². The summed E-state index contributed by atoms with van der Waals surface area (Å²) in [7, 11) is 0. The van der Waals surface area contributed by atoms with Crippen LogP contribution in [0.3, 0.4) is 0 Å². The van der Waals surface area contributed by atoms with Crippen LogP contribution in [-0.2, 0) is 4.79 Å². The Hall–Kier alpha value is -2.79. The first kappa shape index (κ1) is 21.9. The van der Waals surface area contributed by atoms with Gasteiger partial charge in [0.1, 0.15) is 5.78 Å². The van der Waals surface area contributed by atoms with Gasteiger partial charge in [0.05, 0.1) is 17.3 Å². The number of allylic oxidation sites excluding steroid dienone is 1. The standard InChI is InChI=1S/C28H33NO/c1-3-12-22(4-2)21-26(30)18-11-17-25-19-20-27(23-13-7-5-8-14-23)28(29-25)24-15-9-6-10-16-24/h5-10,13-16,22,25,29H,3-4,11-12,17-18,21H2,1-2H3. The molecule has 0 saturated carbocycles. The third kappa shape index (κ3) is 6.10. The Morgan fingerprint density at radius 1 is 1.00 bits per heavy atom. The largest absolute Gasteiger partial charge is 0.370 e. The summed E-state index contributed by atoms with van der Waals surface area (Å²) in [6.45, 7) is 4.39. The van der Waals surface area contributed by atoms with E-state index in [2.05, 4.69) is 67.4 Å². The number of carbonyl (C=O) groups excluding carboxylic acids is 1. The Balaban J connectivity index is 1.64. The van der Waals surface area contributed by atoms with Gasteiger partial charge < -0.3 is 5.32 Å². The van der Waals surface area contributed by atoms with Crippen LogP contribution in [0, 0.1) is 17.8 Å². The number of hydrogen-bond acceptors (Lipinski definition) is 2. The average Bonchev–Trinajstić information content (AvgIpc) is 2.80. The van der Waals surface area contributed by atoms with Crippen molar-refractivity contribution in [3.05, 3.63) is 71.8 Å². The van der Waals surface area contributed by atoms with Crippen molar-refractivity contribution >= 4 is 17.1 Å². The van der Waals surface area contributed by atoms with Gasteiger partial charge in [0.25, 0.3) is 0 Å². The molecule has 0 amide bonds. The molecule has 2 heteroatoms. The van der Waals surface area contributed by atoms with E-state index in [1.54, 1.807) is 0 Å². The van der Waals surface area contributed by atoms with Crippen LogP contribution in [0.5, 0.6) is 0 Å². The summed E-state index contributed by atoms with van der Waals surface area (Å²) in [5.41, 5.74) is 4.41. The lowest BCUT2D eigenvalue weighted by Crippen LogP contribution is -2.29. The first-order valence-electron chi connectivity index (χ1n) is 11.4. The second-order valence-corrected chi connectivity index (χ2v) is 8.15. The molecule has 1 N–H and O–H groups in total. The molecule has 2 aromatic rings. The summed E-state index contributed by atoms with van der Waals surface area (Å²) in [5.74, 6) is 7.75. The maximum Gasteiger partial charge on any atom is 0.133 e. The Morgan fingerprint density at radius 3 is 2.30 bits per heavy atom. The monoisotopic (exact) mass is 399 g/mol. The fourth-order valence-electron chi connectivity index (χ4n) is 4.09. The molecule has 1 aliphatic heterocycles. The maximum atomic E-state index is 12.4. The van der Waals surface area contributed by atoms with Crippen LogP contribution in [0.4, 0.5) is 0 Å². The van der Waals surface area contributed by atoms with Crippen molar-refractivity contribution in [1.82, 2.24) is 5.32 Å². The molecule has 0 fully saturated rings. The highest BCUT2D eigenvalue weighted by atomic mass is 16.1. The molecule has 0 aromatic heterocycles. The summed E-state index contributed by atoms with van der Waals surface area (Å²) in [5, 5.41) is 3.66. The van der Waals surface area contributed by atoms with Gasteiger partial charge in [-0.15, -0.1) is 0 Å². The molecule has 3 rings (SSSR count). The smallest absolute Gasteiger partial charge is 0.133 e. The second-order valence-electron chi connectivity index (χ2n) is 8.15. The Labute approximate surface area is 181 Å². The van der Waals surface area contributed by atoms with Gasteiger partial charge in [0.2, 0.25) is 0 Å². The van der Waals surface area contributed by atoms with E-state index in [0.717, 1.165) is 60.9 Å². The van der Waals surface area contributed by atoms with Crippen molar-refractivity contribution in [3.63, 3.8) is 0 Å². The number of benzene rings is 2. The van der Waals surface area contributed by atoms with Crippen molar-refractivity contribution in [3.8, 4) is 11.8 Å². The molecule has 0 saturated heterocycles. The molecule has 1 heterocycles. The van der Waals surface area contributed by atoms with Gasteiger partial charge >= 0.3 is 0 Å². The van der Waals surface area contributed by atoms with Crippen LogP contribution in [0.25, 0.3) is 11.3 Å². The van der Waals surface area contributed by atoms with Crippen LogP contribution in [-0.4, -0.2) is 11.8 Å². The Bertz CT molecular complexity index is 902. The third-order valence-electron chi connectivity index (χ3n) is 5.80. The quantitative estimate of drug-likeness (QED) is 0.438. The maximum absolute atomic E-state index is 12.4. The predicted molar refractivity (Wildman–Crippen MR) is 127 cm³/mol. The zero-order chi connectivity index (χ0) is 21.2. The predicted octanol–water partition coefficient (Wildman–Crippen LogP) is 6.49. The lowest BCUT2D eigenvalue weighted by atomic mass is 9.92. The topological polar surface area (TPSA) is 29.1 Å². The summed E-state index contributed by atoms with van der Waals surface area (Å²) in [6, 6.07) is 20.8. The Morgan fingerprint density at radius 2 is 1.67 bits per heavy atom. The fraction of sp³-hybridized carbons (Fsp3) is 0.393. The van der Waals surface area contributed by atoms with E-state index in [1.165, 1.54) is 0 Å². The number of carbonyl (C=O) groups is 1. The van der Waals surface area contributed by atoms with Crippen LogP contribution in [0.1, 0.15) is 69.9 Å². The number of Topliss-reactive ketones (excluding diaryl/α,β-unsaturated/α-hetero) is 1. The number of hydrogen-bond donors (Lipinski definition) is 1.